The molecule has 15 heavy (non-hydrogen) atoms. The molecule has 0 aromatic carbocycles. The van der Waals surface area contributed by atoms with Crippen molar-refractivity contribution in [2.45, 2.75) is 13.0 Å². The van der Waals surface area contributed by atoms with Crippen molar-refractivity contribution in [3.63, 3.8) is 0 Å². The molecule has 0 spiro atoms. The van der Waals surface area contributed by atoms with E-state index in [1.807, 2.05) is 6.07 Å². The lowest BCUT2D eigenvalue weighted by Crippen LogP contribution is -2.33. The zero-order valence-corrected chi connectivity index (χ0v) is 8.64. The van der Waals surface area contributed by atoms with Gasteiger partial charge in [0.2, 0.25) is 0 Å². The van der Waals surface area contributed by atoms with Gasteiger partial charge in [0.15, 0.2) is 0 Å². The van der Waals surface area contributed by atoms with Gasteiger partial charge in [-0.3, -0.25) is 4.98 Å². The molecule has 0 radical (unpaired) electrons. The number of nitrogens with one attached hydrogen (secondary N) is 1. The number of nitrogens with two attached hydrogens (primary N) is 1. The summed E-state index contributed by atoms with van der Waals surface area (Å²) in [7, 11) is 0. The molecule has 0 bridgehead atoms. The highest BCUT2D eigenvalue weighted by atomic mass is 16.5. The molecule has 0 saturated carbocycles. The van der Waals surface area contributed by atoms with Gasteiger partial charge in [-0.1, -0.05) is 6.07 Å². The summed E-state index contributed by atoms with van der Waals surface area (Å²) in [6.45, 7) is 2.40. The third-order valence-electron chi connectivity index (χ3n) is 1.89. The van der Waals surface area contributed by atoms with E-state index in [-0.39, 0.29) is 6.04 Å². The summed E-state index contributed by atoms with van der Waals surface area (Å²) in [5.74, 6) is 0. The highest BCUT2D eigenvalue weighted by molar-refractivity contribution is 5.67. The van der Waals surface area contributed by atoms with Crippen LogP contribution in [0.15, 0.2) is 24.5 Å². The van der Waals surface area contributed by atoms with Crippen molar-refractivity contribution in [1.29, 1.82) is 0 Å². The molecule has 82 valence electrons. The second kappa shape index (κ2) is 5.98. The van der Waals surface area contributed by atoms with Crippen LogP contribution in [0.5, 0.6) is 0 Å². The van der Waals surface area contributed by atoms with E-state index >= 15 is 0 Å². The Morgan fingerprint density at radius 3 is 3.07 bits per heavy atom. The second-order valence-electron chi connectivity index (χ2n) is 2.94. The summed E-state index contributed by atoms with van der Waals surface area (Å²) in [6.07, 6.45) is 2.88. The Balaban J connectivity index is 2.61. The van der Waals surface area contributed by atoms with E-state index in [1.165, 1.54) is 0 Å². The summed E-state index contributed by atoms with van der Waals surface area (Å²) < 4.78 is 4.77. The monoisotopic (exact) mass is 209 g/mol. The largest absolute Gasteiger partial charge is 0.450 e. The van der Waals surface area contributed by atoms with Gasteiger partial charge in [-0.15, -0.1) is 0 Å². The van der Waals surface area contributed by atoms with E-state index in [9.17, 15) is 4.79 Å². The number of hydrogen-bond acceptors (Lipinski definition) is 4. The maximum absolute atomic E-state index is 11.2. The molecular weight excluding hydrogens is 194 g/mol. The highest BCUT2D eigenvalue weighted by Crippen LogP contribution is 2.09. The minimum atomic E-state index is -0.461. The van der Waals surface area contributed by atoms with Crippen LogP contribution < -0.4 is 11.1 Å². The summed E-state index contributed by atoms with van der Waals surface area (Å²) in [5.41, 5.74) is 6.42. The van der Waals surface area contributed by atoms with Gasteiger partial charge < -0.3 is 15.8 Å². The van der Waals surface area contributed by atoms with Gasteiger partial charge >= 0.3 is 6.09 Å². The van der Waals surface area contributed by atoms with Crippen LogP contribution in [0.25, 0.3) is 0 Å². The number of amides is 1. The average Bonchev–Trinajstić information content (AvgIpc) is 2.27. The fourth-order valence-corrected chi connectivity index (χ4v) is 1.18. The van der Waals surface area contributed by atoms with E-state index in [0.29, 0.717) is 13.2 Å². The molecular formula is C10H15N3O2. The first-order chi connectivity index (χ1) is 7.27. The molecule has 1 rings (SSSR count). The molecule has 3 N–H and O–H groups in total. The van der Waals surface area contributed by atoms with Crippen LogP contribution in [0.2, 0.25) is 0 Å². The van der Waals surface area contributed by atoms with Crippen molar-refractivity contribution >= 4 is 6.09 Å². The first-order valence-electron chi connectivity index (χ1n) is 4.81. The summed E-state index contributed by atoms with van der Waals surface area (Å²) in [6, 6.07) is 3.40. The summed E-state index contributed by atoms with van der Waals surface area (Å²) in [4.78, 5) is 15.1. The number of pyridine rings is 1. The number of carbonyl (C=O) groups is 1. The molecule has 1 aromatic heterocycles. The van der Waals surface area contributed by atoms with Gasteiger partial charge in [0, 0.05) is 18.9 Å². The van der Waals surface area contributed by atoms with Gasteiger partial charge in [-0.25, -0.2) is 4.79 Å². The maximum atomic E-state index is 11.2. The van der Waals surface area contributed by atoms with E-state index in [1.54, 1.807) is 25.4 Å². The van der Waals surface area contributed by atoms with Crippen LogP contribution in [0.4, 0.5) is 4.79 Å². The Kier molecular flexibility index (Phi) is 4.56. The maximum Gasteiger partial charge on any atom is 0.407 e. The third-order valence-corrected chi connectivity index (χ3v) is 1.89. The normalized spacial score (nSPS) is 11.9. The molecule has 0 fully saturated rings. The molecule has 0 aliphatic rings. The van der Waals surface area contributed by atoms with Crippen molar-refractivity contribution < 1.29 is 9.53 Å². The molecule has 1 aromatic rings. The Bertz CT molecular complexity index is 303. The Morgan fingerprint density at radius 2 is 2.53 bits per heavy atom. The van der Waals surface area contributed by atoms with Gasteiger partial charge in [0.05, 0.1) is 12.6 Å². The first-order valence-corrected chi connectivity index (χ1v) is 4.81. The first kappa shape index (κ1) is 11.5. The predicted molar refractivity (Wildman–Crippen MR) is 56.2 cm³/mol. The molecule has 0 aliphatic heterocycles. The van der Waals surface area contributed by atoms with Crippen molar-refractivity contribution in [3.8, 4) is 0 Å². The fourth-order valence-electron chi connectivity index (χ4n) is 1.18. The molecule has 0 saturated heterocycles. The van der Waals surface area contributed by atoms with Crippen molar-refractivity contribution in [2.24, 2.45) is 5.73 Å². The van der Waals surface area contributed by atoms with Crippen LogP contribution >= 0.6 is 0 Å². The molecule has 1 unspecified atom stereocenters. The van der Waals surface area contributed by atoms with Crippen LogP contribution in [0, 0.1) is 0 Å². The number of nitrogens with zero attached hydrogens (tertiary/aromatic N) is 1. The second-order valence-corrected chi connectivity index (χ2v) is 2.94. The number of hydrogen-bond donors (Lipinski definition) is 2. The zero-order valence-electron chi connectivity index (χ0n) is 8.64. The average molecular weight is 209 g/mol. The SMILES string of the molecule is CCOC(=O)NC(CN)c1cccnc1. The number of aromatic nitrogens is 1. The highest BCUT2D eigenvalue weighted by Gasteiger charge is 2.12. The molecule has 5 heteroatoms. The lowest BCUT2D eigenvalue weighted by atomic mass is 10.1. The lowest BCUT2D eigenvalue weighted by molar-refractivity contribution is 0.148. The van der Waals surface area contributed by atoms with Gasteiger partial charge in [0.1, 0.15) is 0 Å². The Labute approximate surface area is 88.6 Å². The number of carbonyl (C=O) groups excluding carboxylic acids is 1. The zero-order chi connectivity index (χ0) is 11.1. The molecule has 5 nitrogen and oxygen atoms in total. The van der Waals surface area contributed by atoms with E-state index < -0.39 is 6.09 Å². The third kappa shape index (κ3) is 3.55. The minimum Gasteiger partial charge on any atom is -0.450 e. The minimum absolute atomic E-state index is 0.252. The van der Waals surface area contributed by atoms with E-state index in [4.69, 9.17) is 10.5 Å². The summed E-state index contributed by atoms with van der Waals surface area (Å²) in [5, 5.41) is 2.66. The Hall–Kier alpha value is -1.62. The molecule has 1 amide bonds. The van der Waals surface area contributed by atoms with Gasteiger partial charge in [0.25, 0.3) is 0 Å². The standard InChI is InChI=1S/C10H15N3O2/c1-2-15-10(14)13-9(6-11)8-4-3-5-12-7-8/h3-5,7,9H,2,6,11H2,1H3,(H,13,14). The van der Waals surface area contributed by atoms with Crippen LogP contribution in [-0.2, 0) is 4.74 Å². The van der Waals surface area contributed by atoms with Crippen molar-refractivity contribution in [2.75, 3.05) is 13.2 Å². The molecule has 0 aliphatic carbocycles. The Morgan fingerprint density at radius 1 is 1.73 bits per heavy atom. The number of alkyl carbamates (subject to hydrolysis) is 1. The van der Waals surface area contributed by atoms with Crippen LogP contribution in [0.3, 0.4) is 0 Å². The van der Waals surface area contributed by atoms with Crippen LogP contribution in [-0.4, -0.2) is 24.2 Å². The van der Waals surface area contributed by atoms with Crippen molar-refractivity contribution in [1.82, 2.24) is 10.3 Å². The quantitative estimate of drug-likeness (QED) is 0.769. The smallest absolute Gasteiger partial charge is 0.407 e. The van der Waals surface area contributed by atoms with E-state index in [2.05, 4.69) is 10.3 Å². The topological polar surface area (TPSA) is 77.2 Å². The molecule has 1 atom stereocenters. The van der Waals surface area contributed by atoms with E-state index in [0.717, 1.165) is 5.56 Å². The lowest BCUT2D eigenvalue weighted by Gasteiger charge is -2.16. The number of rotatable bonds is 4. The number of ether oxygens (including phenoxy) is 1. The van der Waals surface area contributed by atoms with Crippen LogP contribution in [0.1, 0.15) is 18.5 Å². The van der Waals surface area contributed by atoms with Gasteiger partial charge in [-0.2, -0.15) is 0 Å². The summed E-state index contributed by atoms with van der Waals surface area (Å²) >= 11 is 0. The van der Waals surface area contributed by atoms with Crippen molar-refractivity contribution in [3.05, 3.63) is 30.1 Å². The molecule has 1 heterocycles. The predicted octanol–water partition coefficient (Wildman–Crippen LogP) is 0.827. The van der Waals surface area contributed by atoms with Gasteiger partial charge in [-0.05, 0) is 18.6 Å². The fraction of sp³-hybridized carbons (Fsp3) is 0.400.